The highest BCUT2D eigenvalue weighted by Gasteiger charge is 2.36. The first-order chi connectivity index (χ1) is 15.5. The van der Waals surface area contributed by atoms with Gasteiger partial charge < -0.3 is 4.90 Å². The van der Waals surface area contributed by atoms with Crippen LogP contribution >= 0.6 is 0 Å². The van der Waals surface area contributed by atoms with Crippen LogP contribution in [-0.4, -0.2) is 70.5 Å². The Hall–Kier alpha value is -3.46. The lowest BCUT2D eigenvalue weighted by atomic mass is 10.1. The number of benzene rings is 1. The zero-order valence-corrected chi connectivity index (χ0v) is 18.1. The number of rotatable bonds is 4. The molecule has 1 aromatic heterocycles. The average molecular weight is 435 g/mol. The summed E-state index contributed by atoms with van der Waals surface area (Å²) in [5, 5.41) is 5.05. The van der Waals surface area contributed by atoms with Gasteiger partial charge in [0.25, 0.3) is 5.91 Å². The van der Waals surface area contributed by atoms with Crippen molar-refractivity contribution in [2.24, 2.45) is 0 Å². The smallest absolute Gasteiger partial charge is 0.342 e. The fourth-order valence-corrected chi connectivity index (χ4v) is 4.54. The molecule has 0 atom stereocenters. The molecule has 1 N–H and O–H groups in total. The van der Waals surface area contributed by atoms with Gasteiger partial charge in [-0.05, 0) is 36.2 Å². The predicted octanol–water partition coefficient (Wildman–Crippen LogP) is 1.52. The van der Waals surface area contributed by atoms with Gasteiger partial charge in [0.2, 0.25) is 5.91 Å². The van der Waals surface area contributed by atoms with E-state index < -0.39 is 6.03 Å². The van der Waals surface area contributed by atoms with Crippen molar-refractivity contribution in [2.75, 3.05) is 37.6 Å². The molecule has 2 saturated heterocycles. The van der Waals surface area contributed by atoms with Crippen LogP contribution in [0.1, 0.15) is 33.6 Å². The Morgan fingerprint density at radius 2 is 1.78 bits per heavy atom. The Bertz CT molecular complexity index is 1080. The molecule has 0 aliphatic carbocycles. The number of hydrazine groups is 1. The number of nitrogens with one attached hydrogen (secondary N) is 1. The number of hydrogen-bond donors (Lipinski definition) is 1. The number of fused-ring (bicyclic) bond motifs is 1. The predicted molar refractivity (Wildman–Crippen MR) is 118 cm³/mol. The number of amides is 4. The van der Waals surface area contributed by atoms with Gasteiger partial charge in [0.15, 0.2) is 0 Å². The van der Waals surface area contributed by atoms with Gasteiger partial charge in [-0.25, -0.2) is 19.8 Å². The number of anilines is 1. The monoisotopic (exact) mass is 434 g/mol. The van der Waals surface area contributed by atoms with E-state index in [-0.39, 0.29) is 24.8 Å². The summed E-state index contributed by atoms with van der Waals surface area (Å²) in [6, 6.07) is 11.5. The van der Waals surface area contributed by atoms with Crippen molar-refractivity contribution in [2.45, 2.75) is 26.4 Å². The van der Waals surface area contributed by atoms with Crippen LogP contribution in [0.2, 0.25) is 0 Å². The van der Waals surface area contributed by atoms with E-state index in [2.05, 4.69) is 32.2 Å². The summed E-state index contributed by atoms with van der Waals surface area (Å²) in [4.78, 5) is 45.7. The highest BCUT2D eigenvalue weighted by molar-refractivity contribution is 6.01. The Labute approximate surface area is 186 Å². The molecule has 9 heteroatoms. The minimum Gasteiger partial charge on any atom is -0.354 e. The maximum absolute atomic E-state index is 12.8. The minimum absolute atomic E-state index is 0.196. The SMILES string of the molecule is Cc1cccc(N2CCN(Cc3ccc4c(c3)CN(N3CCC(=O)NC3=O)C4=O)CC2)n1. The topological polar surface area (TPSA) is 89.1 Å². The van der Waals surface area contributed by atoms with Gasteiger partial charge >= 0.3 is 6.03 Å². The van der Waals surface area contributed by atoms with Gasteiger partial charge in [-0.2, -0.15) is 0 Å². The van der Waals surface area contributed by atoms with Gasteiger partial charge in [0.1, 0.15) is 5.82 Å². The third-order valence-electron chi connectivity index (χ3n) is 6.25. The van der Waals surface area contributed by atoms with Crippen molar-refractivity contribution in [1.29, 1.82) is 0 Å². The first-order valence-corrected chi connectivity index (χ1v) is 10.9. The van der Waals surface area contributed by atoms with E-state index in [1.54, 1.807) is 0 Å². The highest BCUT2D eigenvalue weighted by atomic mass is 16.2. The molecule has 2 fully saturated rings. The number of carbonyl (C=O) groups is 3. The zero-order chi connectivity index (χ0) is 22.2. The molecule has 5 rings (SSSR count). The highest BCUT2D eigenvalue weighted by Crippen LogP contribution is 2.27. The van der Waals surface area contributed by atoms with Crippen LogP contribution in [0.15, 0.2) is 36.4 Å². The summed E-state index contributed by atoms with van der Waals surface area (Å²) >= 11 is 0. The molecule has 0 saturated carbocycles. The van der Waals surface area contributed by atoms with Crippen LogP contribution in [0, 0.1) is 6.92 Å². The molecule has 1 aromatic carbocycles. The molecule has 0 spiro atoms. The van der Waals surface area contributed by atoms with E-state index in [4.69, 9.17) is 0 Å². The second-order valence-electron chi connectivity index (χ2n) is 8.48. The maximum atomic E-state index is 12.8. The summed E-state index contributed by atoms with van der Waals surface area (Å²) in [5.74, 6) is 0.524. The van der Waals surface area contributed by atoms with Gasteiger partial charge in [-0.1, -0.05) is 18.2 Å². The zero-order valence-electron chi connectivity index (χ0n) is 18.1. The number of hydrogen-bond acceptors (Lipinski definition) is 6. The summed E-state index contributed by atoms with van der Waals surface area (Å²) < 4.78 is 0. The number of aromatic nitrogens is 1. The Balaban J connectivity index is 1.21. The lowest BCUT2D eigenvalue weighted by molar-refractivity contribution is -0.123. The fourth-order valence-electron chi connectivity index (χ4n) is 4.54. The molecule has 4 amide bonds. The molecule has 4 heterocycles. The number of urea groups is 1. The number of piperazine rings is 1. The third kappa shape index (κ3) is 3.91. The summed E-state index contributed by atoms with van der Waals surface area (Å²) in [5.41, 5.74) is 3.72. The minimum atomic E-state index is -0.538. The van der Waals surface area contributed by atoms with Crippen molar-refractivity contribution in [3.05, 3.63) is 58.8 Å². The van der Waals surface area contributed by atoms with Crippen molar-refractivity contribution in [3.8, 4) is 0 Å². The Kier molecular flexibility index (Phi) is 5.26. The molecule has 0 unspecified atom stereocenters. The Morgan fingerprint density at radius 1 is 0.969 bits per heavy atom. The lowest BCUT2D eigenvalue weighted by Crippen LogP contribution is -2.56. The van der Waals surface area contributed by atoms with Crippen LogP contribution in [0.3, 0.4) is 0 Å². The molecule has 32 heavy (non-hydrogen) atoms. The molecule has 9 nitrogen and oxygen atoms in total. The summed E-state index contributed by atoms with van der Waals surface area (Å²) in [6.45, 7) is 7.13. The lowest BCUT2D eigenvalue weighted by Gasteiger charge is -2.35. The molecule has 3 aliphatic rings. The fraction of sp³-hybridized carbons (Fsp3) is 0.391. The normalized spacial score (nSPS) is 19.4. The van der Waals surface area contributed by atoms with Crippen LogP contribution in [0.5, 0.6) is 0 Å². The number of pyridine rings is 1. The van der Waals surface area contributed by atoms with E-state index in [1.807, 2.05) is 31.2 Å². The second-order valence-corrected chi connectivity index (χ2v) is 8.48. The quantitative estimate of drug-likeness (QED) is 0.785. The maximum Gasteiger partial charge on any atom is 0.342 e. The molecule has 166 valence electrons. The molecule has 0 radical (unpaired) electrons. The first kappa shape index (κ1) is 20.4. The first-order valence-electron chi connectivity index (χ1n) is 10.9. The third-order valence-corrected chi connectivity index (χ3v) is 6.25. The molecular weight excluding hydrogens is 408 g/mol. The van der Waals surface area contributed by atoms with E-state index >= 15 is 0 Å². The summed E-state index contributed by atoms with van der Waals surface area (Å²) in [7, 11) is 0. The second kappa shape index (κ2) is 8.23. The van der Waals surface area contributed by atoms with E-state index in [0.29, 0.717) is 12.1 Å². The van der Waals surface area contributed by atoms with E-state index in [1.165, 1.54) is 10.0 Å². The van der Waals surface area contributed by atoms with E-state index in [0.717, 1.165) is 55.4 Å². The van der Waals surface area contributed by atoms with Gasteiger partial charge in [-0.15, -0.1) is 0 Å². The van der Waals surface area contributed by atoms with Crippen LogP contribution in [0.4, 0.5) is 10.6 Å². The van der Waals surface area contributed by atoms with Crippen LogP contribution in [-0.2, 0) is 17.9 Å². The largest absolute Gasteiger partial charge is 0.354 e. The van der Waals surface area contributed by atoms with Crippen molar-refractivity contribution < 1.29 is 14.4 Å². The number of nitrogens with zero attached hydrogens (tertiary/aromatic N) is 5. The average Bonchev–Trinajstić information content (AvgIpc) is 3.10. The number of carbonyl (C=O) groups excluding carboxylic acids is 3. The standard InChI is InChI=1S/C23H26N6O3/c1-16-3-2-4-20(24-16)27-11-9-26(10-12-27)14-17-5-6-19-18(13-17)15-29(22(19)31)28-8-7-21(30)25-23(28)32/h2-6,13H,7-12,14-15H2,1H3,(H,25,30,32). The summed E-state index contributed by atoms with van der Waals surface area (Å²) in [6.07, 6.45) is 0.196. The Morgan fingerprint density at radius 3 is 2.53 bits per heavy atom. The van der Waals surface area contributed by atoms with Gasteiger partial charge in [-0.3, -0.25) is 19.8 Å². The van der Waals surface area contributed by atoms with Gasteiger partial charge in [0, 0.05) is 50.4 Å². The number of aryl methyl sites for hydroxylation is 1. The van der Waals surface area contributed by atoms with E-state index in [9.17, 15) is 14.4 Å². The molecule has 3 aliphatic heterocycles. The van der Waals surface area contributed by atoms with Crippen molar-refractivity contribution >= 4 is 23.7 Å². The van der Waals surface area contributed by atoms with Crippen molar-refractivity contribution in [1.82, 2.24) is 25.2 Å². The molecular formula is C23H26N6O3. The van der Waals surface area contributed by atoms with Crippen LogP contribution in [0.25, 0.3) is 0 Å². The number of imide groups is 1. The van der Waals surface area contributed by atoms with Crippen molar-refractivity contribution in [3.63, 3.8) is 0 Å². The molecule has 2 aromatic rings. The van der Waals surface area contributed by atoms with Gasteiger partial charge in [0.05, 0.1) is 13.1 Å². The van der Waals surface area contributed by atoms with Crippen LogP contribution < -0.4 is 10.2 Å². The molecule has 0 bridgehead atoms.